The monoisotopic (exact) mass is 257 g/mol. The van der Waals surface area contributed by atoms with E-state index in [-0.39, 0.29) is 36.2 Å². The van der Waals surface area contributed by atoms with Crippen molar-refractivity contribution < 1.29 is 14.4 Å². The van der Waals surface area contributed by atoms with Crippen LogP contribution in [0.1, 0.15) is 34.6 Å². The minimum Gasteiger partial charge on any atom is -0.352 e. The van der Waals surface area contributed by atoms with Gasteiger partial charge in [0.05, 0.1) is 6.54 Å². The number of amides is 3. The Balaban J connectivity index is 4.27. The largest absolute Gasteiger partial charge is 0.352 e. The zero-order chi connectivity index (χ0) is 14.3. The van der Waals surface area contributed by atoms with Crippen molar-refractivity contribution in [2.75, 3.05) is 6.54 Å². The second kappa shape index (κ2) is 7.68. The van der Waals surface area contributed by atoms with Gasteiger partial charge in [-0.3, -0.25) is 14.4 Å². The van der Waals surface area contributed by atoms with Crippen molar-refractivity contribution >= 4 is 17.7 Å². The molecule has 0 aliphatic carbocycles. The summed E-state index contributed by atoms with van der Waals surface area (Å²) in [4.78, 5) is 34.1. The lowest BCUT2D eigenvalue weighted by atomic mass is 10.0. The Labute approximate surface area is 108 Å². The second-order valence-corrected chi connectivity index (χ2v) is 4.86. The molecule has 0 spiro atoms. The molecule has 0 saturated heterocycles. The Morgan fingerprint density at radius 1 is 1.00 bits per heavy atom. The van der Waals surface area contributed by atoms with E-state index in [4.69, 9.17) is 0 Å². The van der Waals surface area contributed by atoms with Gasteiger partial charge in [-0.25, -0.2) is 0 Å². The summed E-state index contributed by atoms with van der Waals surface area (Å²) in [6, 6.07) is -0.583. The highest BCUT2D eigenvalue weighted by Gasteiger charge is 2.23. The van der Waals surface area contributed by atoms with Gasteiger partial charge in [-0.15, -0.1) is 0 Å². The molecule has 3 N–H and O–H groups in total. The molecule has 18 heavy (non-hydrogen) atoms. The van der Waals surface area contributed by atoms with Gasteiger partial charge in [0.1, 0.15) is 6.04 Å². The summed E-state index contributed by atoms with van der Waals surface area (Å²) in [6.45, 7) is 8.61. The fourth-order valence-electron chi connectivity index (χ4n) is 1.40. The lowest BCUT2D eigenvalue weighted by Crippen LogP contribution is -2.51. The van der Waals surface area contributed by atoms with Crippen LogP contribution < -0.4 is 16.0 Å². The van der Waals surface area contributed by atoms with Crippen LogP contribution in [0.5, 0.6) is 0 Å². The third-order valence-corrected chi connectivity index (χ3v) is 2.18. The molecule has 0 aromatic heterocycles. The van der Waals surface area contributed by atoms with E-state index in [1.54, 1.807) is 0 Å². The molecule has 104 valence electrons. The lowest BCUT2D eigenvalue weighted by Gasteiger charge is -2.20. The van der Waals surface area contributed by atoms with Crippen molar-refractivity contribution in [1.29, 1.82) is 0 Å². The van der Waals surface area contributed by atoms with E-state index in [2.05, 4.69) is 16.0 Å². The molecule has 0 fully saturated rings. The number of rotatable bonds is 6. The van der Waals surface area contributed by atoms with E-state index in [1.807, 2.05) is 27.7 Å². The van der Waals surface area contributed by atoms with E-state index in [9.17, 15) is 14.4 Å². The average Bonchev–Trinajstić information content (AvgIpc) is 2.21. The molecular formula is C12H23N3O3. The SMILES string of the molecule is CC(=O)NC(C(=O)NCC(=O)NC(C)C)C(C)C. The van der Waals surface area contributed by atoms with E-state index in [0.29, 0.717) is 0 Å². The van der Waals surface area contributed by atoms with Gasteiger partial charge in [-0.2, -0.15) is 0 Å². The van der Waals surface area contributed by atoms with Gasteiger partial charge in [-0.1, -0.05) is 13.8 Å². The van der Waals surface area contributed by atoms with Crippen molar-refractivity contribution in [3.8, 4) is 0 Å². The van der Waals surface area contributed by atoms with Crippen LogP contribution >= 0.6 is 0 Å². The number of carbonyl (C=O) groups is 3. The number of carbonyl (C=O) groups excluding carboxylic acids is 3. The van der Waals surface area contributed by atoms with Crippen LogP contribution in [0.15, 0.2) is 0 Å². The van der Waals surface area contributed by atoms with Crippen molar-refractivity contribution in [2.45, 2.75) is 46.7 Å². The first-order chi connectivity index (χ1) is 8.23. The van der Waals surface area contributed by atoms with Crippen LogP contribution in [0.2, 0.25) is 0 Å². The minimum absolute atomic E-state index is 0.0330. The predicted octanol–water partition coefficient (Wildman–Crippen LogP) is -0.212. The van der Waals surface area contributed by atoms with Crippen LogP contribution in [0.3, 0.4) is 0 Å². The molecule has 0 rings (SSSR count). The molecule has 0 saturated carbocycles. The fourth-order valence-corrected chi connectivity index (χ4v) is 1.40. The van der Waals surface area contributed by atoms with Crippen LogP contribution in [-0.2, 0) is 14.4 Å². The highest BCUT2D eigenvalue weighted by atomic mass is 16.2. The zero-order valence-corrected chi connectivity index (χ0v) is 11.7. The fraction of sp³-hybridized carbons (Fsp3) is 0.750. The summed E-state index contributed by atoms with van der Waals surface area (Å²) < 4.78 is 0. The Morgan fingerprint density at radius 2 is 1.56 bits per heavy atom. The molecule has 0 bridgehead atoms. The summed E-state index contributed by atoms with van der Waals surface area (Å²) in [5.41, 5.74) is 0. The Kier molecular flexibility index (Phi) is 7.00. The second-order valence-electron chi connectivity index (χ2n) is 4.86. The molecule has 1 unspecified atom stereocenters. The van der Waals surface area contributed by atoms with Crippen LogP contribution in [0.4, 0.5) is 0 Å². The number of hydrogen-bond acceptors (Lipinski definition) is 3. The van der Waals surface area contributed by atoms with Crippen LogP contribution in [-0.4, -0.2) is 36.3 Å². The molecule has 0 aromatic carbocycles. The van der Waals surface area contributed by atoms with Gasteiger partial charge >= 0.3 is 0 Å². The van der Waals surface area contributed by atoms with Gasteiger partial charge < -0.3 is 16.0 Å². The zero-order valence-electron chi connectivity index (χ0n) is 11.7. The molecule has 0 aromatic rings. The predicted molar refractivity (Wildman–Crippen MR) is 68.7 cm³/mol. The first kappa shape index (κ1) is 16.4. The summed E-state index contributed by atoms with van der Waals surface area (Å²) in [7, 11) is 0. The van der Waals surface area contributed by atoms with Gasteiger partial charge in [0.2, 0.25) is 17.7 Å². The van der Waals surface area contributed by atoms with Gasteiger partial charge in [0.25, 0.3) is 0 Å². The lowest BCUT2D eigenvalue weighted by molar-refractivity contribution is -0.130. The van der Waals surface area contributed by atoms with Crippen molar-refractivity contribution in [3.05, 3.63) is 0 Å². The Morgan fingerprint density at radius 3 is 1.94 bits per heavy atom. The normalized spacial score (nSPS) is 12.2. The Bertz CT molecular complexity index is 314. The highest BCUT2D eigenvalue weighted by Crippen LogP contribution is 2.01. The maximum Gasteiger partial charge on any atom is 0.243 e. The smallest absolute Gasteiger partial charge is 0.243 e. The average molecular weight is 257 g/mol. The van der Waals surface area contributed by atoms with Crippen LogP contribution in [0, 0.1) is 5.92 Å². The quantitative estimate of drug-likeness (QED) is 0.615. The minimum atomic E-state index is -0.616. The van der Waals surface area contributed by atoms with E-state index < -0.39 is 6.04 Å². The Hall–Kier alpha value is -1.59. The molecule has 6 nitrogen and oxygen atoms in total. The number of hydrogen-bond donors (Lipinski definition) is 3. The molecule has 6 heteroatoms. The molecule has 0 aliphatic heterocycles. The van der Waals surface area contributed by atoms with Crippen LogP contribution in [0.25, 0.3) is 0 Å². The molecular weight excluding hydrogens is 234 g/mol. The third-order valence-electron chi connectivity index (χ3n) is 2.18. The van der Waals surface area contributed by atoms with E-state index >= 15 is 0 Å². The topological polar surface area (TPSA) is 87.3 Å². The summed E-state index contributed by atoms with van der Waals surface area (Å²) >= 11 is 0. The van der Waals surface area contributed by atoms with E-state index in [1.165, 1.54) is 6.92 Å². The first-order valence-electron chi connectivity index (χ1n) is 6.08. The first-order valence-corrected chi connectivity index (χ1v) is 6.08. The number of nitrogens with one attached hydrogen (secondary N) is 3. The molecule has 0 heterocycles. The van der Waals surface area contributed by atoms with Crippen molar-refractivity contribution in [2.24, 2.45) is 5.92 Å². The summed E-state index contributed by atoms with van der Waals surface area (Å²) in [5.74, 6) is -0.902. The maximum absolute atomic E-state index is 11.8. The van der Waals surface area contributed by atoms with Gasteiger partial charge in [-0.05, 0) is 19.8 Å². The molecule has 1 atom stereocenters. The third kappa shape index (κ3) is 6.88. The summed E-state index contributed by atoms with van der Waals surface area (Å²) in [5, 5.41) is 7.74. The highest BCUT2D eigenvalue weighted by molar-refractivity contribution is 5.90. The van der Waals surface area contributed by atoms with Gasteiger partial charge in [0, 0.05) is 13.0 Å². The molecule has 0 aliphatic rings. The maximum atomic E-state index is 11.8. The molecule has 0 radical (unpaired) electrons. The molecule has 3 amide bonds. The van der Waals surface area contributed by atoms with Crippen molar-refractivity contribution in [1.82, 2.24) is 16.0 Å². The standard InChI is InChI=1S/C12H23N3O3/c1-7(2)11(15-9(5)16)12(18)13-6-10(17)14-8(3)4/h7-8,11H,6H2,1-5H3,(H,13,18)(H,14,17)(H,15,16). The van der Waals surface area contributed by atoms with Gasteiger partial charge in [0.15, 0.2) is 0 Å². The van der Waals surface area contributed by atoms with E-state index in [0.717, 1.165) is 0 Å². The summed E-state index contributed by atoms with van der Waals surface area (Å²) in [6.07, 6.45) is 0. The van der Waals surface area contributed by atoms with Crippen molar-refractivity contribution in [3.63, 3.8) is 0 Å².